The molecule has 1 unspecified atom stereocenters. The third-order valence-corrected chi connectivity index (χ3v) is 6.22. The summed E-state index contributed by atoms with van der Waals surface area (Å²) in [6.07, 6.45) is 1.18. The minimum Gasteiger partial charge on any atom is -0.480 e. The molecule has 1 aliphatic rings. The van der Waals surface area contributed by atoms with E-state index in [2.05, 4.69) is 0 Å². The molecule has 0 saturated carbocycles. The topological polar surface area (TPSA) is 82.5 Å². The Morgan fingerprint density at radius 3 is 2.52 bits per heavy atom. The van der Waals surface area contributed by atoms with Gasteiger partial charge in [0.2, 0.25) is 10.0 Å². The van der Waals surface area contributed by atoms with Crippen LogP contribution in [0.1, 0.15) is 22.8 Å². The van der Waals surface area contributed by atoms with Crippen molar-refractivity contribution in [2.45, 2.75) is 11.9 Å². The van der Waals surface area contributed by atoms with Crippen LogP contribution in [0.2, 0.25) is 5.02 Å². The number of fused-ring (bicyclic) bond motifs is 3. The molecule has 0 radical (unpaired) electrons. The third kappa shape index (κ3) is 3.85. The van der Waals surface area contributed by atoms with E-state index in [1.54, 1.807) is 18.4 Å². The van der Waals surface area contributed by atoms with E-state index < -0.39 is 16.1 Å². The largest absolute Gasteiger partial charge is 0.480 e. The van der Waals surface area contributed by atoms with Gasteiger partial charge in [0.05, 0.1) is 12.0 Å². The minimum atomic E-state index is -3.67. The van der Waals surface area contributed by atoms with Crippen LogP contribution in [0.15, 0.2) is 83.5 Å². The molecule has 5 nitrogen and oxygen atoms in total. The second-order valence-corrected chi connectivity index (χ2v) is 9.49. The number of hydrogen-bond donors (Lipinski definition) is 1. The summed E-state index contributed by atoms with van der Waals surface area (Å²) < 4.78 is 35.5. The molecule has 2 N–H and O–H groups in total. The molecule has 0 saturated heterocycles. The Balaban J connectivity index is 1.74. The molecule has 1 aromatic heterocycles. The highest BCUT2D eigenvalue weighted by Gasteiger charge is 2.30. The van der Waals surface area contributed by atoms with Gasteiger partial charge in [0.15, 0.2) is 0 Å². The number of furan rings is 1. The first-order valence-electron chi connectivity index (χ1n) is 9.62. The maximum atomic E-state index is 11.7. The number of sulfonamides is 1. The first-order chi connectivity index (χ1) is 14.9. The highest BCUT2D eigenvalue weighted by Crippen LogP contribution is 2.49. The predicted molar refractivity (Wildman–Crippen MR) is 120 cm³/mol. The summed E-state index contributed by atoms with van der Waals surface area (Å²) in [5, 5.41) is 5.88. The van der Waals surface area contributed by atoms with Crippen LogP contribution in [0.3, 0.4) is 0 Å². The van der Waals surface area contributed by atoms with Crippen molar-refractivity contribution >= 4 is 21.6 Å². The summed E-state index contributed by atoms with van der Waals surface area (Å²) in [4.78, 5) is 0. The number of rotatable bonds is 4. The van der Waals surface area contributed by atoms with Crippen molar-refractivity contribution in [1.82, 2.24) is 0 Å². The Hall–Kier alpha value is -3.06. The molecular weight excluding hydrogens is 434 g/mol. The molecule has 2 heterocycles. The average Bonchev–Trinajstić information content (AvgIpc) is 3.26. The molecule has 1 atom stereocenters. The summed E-state index contributed by atoms with van der Waals surface area (Å²) in [5.41, 5.74) is 5.04. The van der Waals surface area contributed by atoms with Gasteiger partial charge in [-0.25, -0.2) is 13.6 Å². The Labute approximate surface area is 185 Å². The molecule has 4 aromatic rings. The van der Waals surface area contributed by atoms with E-state index in [0.29, 0.717) is 16.3 Å². The second kappa shape index (κ2) is 7.57. The minimum absolute atomic E-state index is 0.255. The van der Waals surface area contributed by atoms with Crippen LogP contribution in [-0.4, -0.2) is 8.42 Å². The van der Waals surface area contributed by atoms with Gasteiger partial charge in [0.25, 0.3) is 0 Å². The fourth-order valence-corrected chi connectivity index (χ4v) is 4.87. The summed E-state index contributed by atoms with van der Waals surface area (Å²) in [5.74, 6) is 1.18. The second-order valence-electron chi connectivity index (χ2n) is 7.44. The number of primary sulfonamides is 1. The van der Waals surface area contributed by atoms with Crippen molar-refractivity contribution in [1.29, 1.82) is 0 Å². The van der Waals surface area contributed by atoms with Crippen molar-refractivity contribution in [3.63, 3.8) is 0 Å². The van der Waals surface area contributed by atoms with Crippen molar-refractivity contribution in [3.05, 3.63) is 101 Å². The van der Waals surface area contributed by atoms with E-state index in [0.717, 1.165) is 33.6 Å². The zero-order chi connectivity index (χ0) is 21.6. The molecule has 31 heavy (non-hydrogen) atoms. The van der Waals surface area contributed by atoms with E-state index in [1.165, 1.54) is 0 Å². The Bertz CT molecular complexity index is 1380. The molecule has 1 aliphatic heterocycles. The molecule has 0 amide bonds. The van der Waals surface area contributed by atoms with E-state index in [4.69, 9.17) is 25.9 Å². The molecule has 0 aliphatic carbocycles. The standard InChI is InChI=1S/C24H18ClNO4S/c25-17-5-1-4-16(13-17)24-20-12-15(14-31(26,27)28)9-10-18(20)23-19(21-8-3-11-29-21)6-2-7-22(23)30-24/h1-13,24H,14H2,(H2,26,27,28). The van der Waals surface area contributed by atoms with E-state index in [-0.39, 0.29) is 5.75 Å². The van der Waals surface area contributed by atoms with Crippen molar-refractivity contribution < 1.29 is 17.6 Å². The Morgan fingerprint density at radius 2 is 1.77 bits per heavy atom. The first kappa shape index (κ1) is 19.9. The lowest BCUT2D eigenvalue weighted by atomic mass is 9.86. The molecule has 5 rings (SSSR count). The van der Waals surface area contributed by atoms with Crippen molar-refractivity contribution in [2.75, 3.05) is 0 Å². The van der Waals surface area contributed by atoms with Crippen LogP contribution in [0.5, 0.6) is 5.75 Å². The highest BCUT2D eigenvalue weighted by atomic mass is 35.5. The van der Waals surface area contributed by atoms with Gasteiger partial charge in [0.1, 0.15) is 17.6 Å². The third-order valence-electron chi connectivity index (χ3n) is 5.24. The molecule has 0 bridgehead atoms. The van der Waals surface area contributed by atoms with Crippen LogP contribution in [0.25, 0.3) is 22.5 Å². The zero-order valence-corrected chi connectivity index (χ0v) is 17.9. The van der Waals surface area contributed by atoms with Gasteiger partial charge >= 0.3 is 0 Å². The summed E-state index contributed by atoms with van der Waals surface area (Å²) in [6.45, 7) is 0. The number of nitrogens with two attached hydrogens (primary N) is 1. The van der Waals surface area contributed by atoms with Crippen LogP contribution < -0.4 is 9.88 Å². The monoisotopic (exact) mass is 451 g/mol. The number of benzene rings is 3. The van der Waals surface area contributed by atoms with Gasteiger partial charge in [-0.2, -0.15) is 0 Å². The van der Waals surface area contributed by atoms with Crippen LogP contribution in [-0.2, 0) is 15.8 Å². The smallest absolute Gasteiger partial charge is 0.213 e. The molecule has 0 fully saturated rings. The summed E-state index contributed by atoms with van der Waals surface area (Å²) in [7, 11) is -3.67. The van der Waals surface area contributed by atoms with Crippen LogP contribution in [0.4, 0.5) is 0 Å². The van der Waals surface area contributed by atoms with Crippen molar-refractivity contribution in [3.8, 4) is 28.2 Å². The maximum Gasteiger partial charge on any atom is 0.213 e. The molecule has 3 aromatic carbocycles. The lowest BCUT2D eigenvalue weighted by Gasteiger charge is -2.31. The maximum absolute atomic E-state index is 11.7. The fourth-order valence-electron chi connectivity index (χ4n) is 4.03. The van der Waals surface area contributed by atoms with Gasteiger partial charge in [-0.1, -0.05) is 54.1 Å². The number of hydrogen-bond acceptors (Lipinski definition) is 4. The summed E-state index contributed by atoms with van der Waals surface area (Å²) >= 11 is 6.24. The molecule has 156 valence electrons. The van der Waals surface area contributed by atoms with E-state index >= 15 is 0 Å². The molecule has 0 spiro atoms. The normalized spacial score (nSPS) is 15.1. The lowest BCUT2D eigenvalue weighted by Crippen LogP contribution is -2.18. The van der Waals surface area contributed by atoms with Gasteiger partial charge in [-0.15, -0.1) is 0 Å². The quantitative estimate of drug-likeness (QED) is 0.441. The molecular formula is C24H18ClNO4S. The average molecular weight is 452 g/mol. The number of halogens is 1. The van der Waals surface area contributed by atoms with Gasteiger partial charge in [-0.05, 0) is 47.0 Å². The SMILES string of the molecule is NS(=O)(=O)Cc1ccc2c(c1)C(c1cccc(Cl)c1)Oc1cccc(-c3ccco3)c1-2. The van der Waals surface area contributed by atoms with Gasteiger partial charge in [0, 0.05) is 21.7 Å². The first-order valence-corrected chi connectivity index (χ1v) is 11.7. The van der Waals surface area contributed by atoms with E-state index in [1.807, 2.05) is 60.7 Å². The Kier molecular flexibility index (Phi) is 4.85. The predicted octanol–water partition coefficient (Wildman–Crippen LogP) is 5.54. The van der Waals surface area contributed by atoms with Gasteiger partial charge in [-0.3, -0.25) is 0 Å². The van der Waals surface area contributed by atoms with Crippen LogP contribution >= 0.6 is 11.6 Å². The summed E-state index contributed by atoms with van der Waals surface area (Å²) in [6, 6.07) is 22.5. The number of ether oxygens (including phenoxy) is 1. The molecule has 7 heteroatoms. The fraction of sp³-hybridized carbons (Fsp3) is 0.0833. The Morgan fingerprint density at radius 1 is 0.935 bits per heavy atom. The van der Waals surface area contributed by atoms with Gasteiger partial charge < -0.3 is 9.15 Å². The lowest BCUT2D eigenvalue weighted by molar-refractivity contribution is 0.243. The zero-order valence-electron chi connectivity index (χ0n) is 16.3. The van der Waals surface area contributed by atoms with E-state index in [9.17, 15) is 8.42 Å². The highest BCUT2D eigenvalue weighted by molar-refractivity contribution is 7.88. The van der Waals surface area contributed by atoms with Crippen molar-refractivity contribution in [2.24, 2.45) is 5.14 Å². The van der Waals surface area contributed by atoms with Crippen LogP contribution in [0, 0.1) is 0 Å².